The van der Waals surface area contributed by atoms with Crippen molar-refractivity contribution < 1.29 is 14.4 Å². The van der Waals surface area contributed by atoms with Crippen LogP contribution >= 0.6 is 0 Å². The Morgan fingerprint density at radius 1 is 1.53 bits per heavy atom. The summed E-state index contributed by atoms with van der Waals surface area (Å²) in [6, 6.07) is 7.03. The Bertz CT molecular complexity index is 432. The molecular formula is C12H12N2O3. The number of carbonyl (C=O) groups excluding carboxylic acids is 1. The zero-order chi connectivity index (χ0) is 12.5. The average molecular weight is 232 g/mol. The lowest BCUT2D eigenvalue weighted by Gasteiger charge is -2.01. The molecule has 5 heteroatoms. The highest BCUT2D eigenvalue weighted by Gasteiger charge is 1.95. The molecule has 0 spiro atoms. The fraction of sp³-hybridized carbons (Fsp3) is 0.167. The number of ether oxygens (including phenoxy) is 1. The normalized spacial score (nSPS) is 9.65. The molecule has 0 fully saturated rings. The number of terminal acetylenes is 1. The van der Waals surface area contributed by atoms with Gasteiger partial charge >= 0.3 is 6.09 Å². The topological polar surface area (TPSA) is 59.9 Å². The lowest BCUT2D eigenvalue weighted by Crippen LogP contribution is -2.16. The SMILES string of the molecule is C#CCOc1ccc(/C=N/OC(=O)NC)cc1. The van der Waals surface area contributed by atoms with Crippen LogP contribution in [0.5, 0.6) is 5.75 Å². The quantitative estimate of drug-likeness (QED) is 0.369. The molecule has 0 radical (unpaired) electrons. The van der Waals surface area contributed by atoms with Gasteiger partial charge in [0.05, 0.1) is 6.21 Å². The number of oxime groups is 1. The highest BCUT2D eigenvalue weighted by Crippen LogP contribution is 2.10. The first kappa shape index (κ1) is 12.6. The third-order valence-corrected chi connectivity index (χ3v) is 1.74. The van der Waals surface area contributed by atoms with Gasteiger partial charge < -0.3 is 10.1 Å². The maximum absolute atomic E-state index is 10.7. The van der Waals surface area contributed by atoms with Crippen molar-refractivity contribution in [1.29, 1.82) is 0 Å². The minimum Gasteiger partial charge on any atom is -0.481 e. The molecule has 88 valence electrons. The monoisotopic (exact) mass is 232 g/mol. The van der Waals surface area contributed by atoms with Crippen LogP contribution in [0.3, 0.4) is 0 Å². The van der Waals surface area contributed by atoms with Gasteiger partial charge in [0.15, 0.2) is 0 Å². The van der Waals surface area contributed by atoms with E-state index in [2.05, 4.69) is 21.2 Å². The van der Waals surface area contributed by atoms with Crippen LogP contribution < -0.4 is 10.1 Å². The van der Waals surface area contributed by atoms with Gasteiger partial charge in [-0.25, -0.2) is 4.79 Å². The molecule has 1 aromatic carbocycles. The van der Waals surface area contributed by atoms with Crippen LogP contribution in [0.15, 0.2) is 29.4 Å². The zero-order valence-corrected chi connectivity index (χ0v) is 9.34. The molecule has 1 aromatic rings. The molecule has 0 unspecified atom stereocenters. The van der Waals surface area contributed by atoms with Crippen LogP contribution in [0.25, 0.3) is 0 Å². The van der Waals surface area contributed by atoms with Crippen molar-refractivity contribution in [3.8, 4) is 18.1 Å². The summed E-state index contributed by atoms with van der Waals surface area (Å²) in [6.45, 7) is 0.229. The summed E-state index contributed by atoms with van der Waals surface area (Å²) in [5, 5.41) is 5.76. The zero-order valence-electron chi connectivity index (χ0n) is 9.34. The van der Waals surface area contributed by atoms with E-state index in [1.54, 1.807) is 24.3 Å². The van der Waals surface area contributed by atoms with Gasteiger partial charge in [-0.1, -0.05) is 11.1 Å². The summed E-state index contributed by atoms with van der Waals surface area (Å²) in [7, 11) is 1.45. The van der Waals surface area contributed by atoms with E-state index in [1.807, 2.05) is 0 Å². The average Bonchev–Trinajstić information content (AvgIpc) is 2.37. The summed E-state index contributed by atoms with van der Waals surface area (Å²) < 4.78 is 5.19. The van der Waals surface area contributed by atoms with Crippen molar-refractivity contribution in [3.05, 3.63) is 29.8 Å². The third kappa shape index (κ3) is 4.71. The molecule has 1 rings (SSSR count). The summed E-state index contributed by atoms with van der Waals surface area (Å²) >= 11 is 0. The third-order valence-electron chi connectivity index (χ3n) is 1.74. The van der Waals surface area contributed by atoms with E-state index in [0.29, 0.717) is 5.75 Å². The largest absolute Gasteiger partial charge is 0.481 e. The minimum absolute atomic E-state index is 0.229. The highest BCUT2D eigenvalue weighted by molar-refractivity contribution is 5.80. The molecule has 1 N–H and O–H groups in total. The predicted molar refractivity (Wildman–Crippen MR) is 63.9 cm³/mol. The van der Waals surface area contributed by atoms with Gasteiger partial charge in [-0.05, 0) is 29.8 Å². The Hall–Kier alpha value is -2.48. The summed E-state index contributed by atoms with van der Waals surface area (Å²) in [5.74, 6) is 3.04. The van der Waals surface area contributed by atoms with Crippen molar-refractivity contribution in [1.82, 2.24) is 5.32 Å². The number of rotatable bonds is 4. The number of nitrogens with one attached hydrogen (secondary N) is 1. The van der Waals surface area contributed by atoms with Gasteiger partial charge in [0.25, 0.3) is 0 Å². The number of nitrogens with zero attached hydrogens (tertiary/aromatic N) is 1. The van der Waals surface area contributed by atoms with E-state index >= 15 is 0 Å². The van der Waals surface area contributed by atoms with Crippen LogP contribution in [0, 0.1) is 12.3 Å². The van der Waals surface area contributed by atoms with E-state index in [4.69, 9.17) is 11.2 Å². The molecule has 0 aliphatic rings. The smallest absolute Gasteiger partial charge is 0.433 e. The second-order valence-corrected chi connectivity index (χ2v) is 2.93. The lowest BCUT2D eigenvalue weighted by atomic mass is 10.2. The van der Waals surface area contributed by atoms with E-state index in [1.165, 1.54) is 13.3 Å². The lowest BCUT2D eigenvalue weighted by molar-refractivity contribution is 0.154. The van der Waals surface area contributed by atoms with Gasteiger partial charge in [-0.15, -0.1) is 6.42 Å². The molecule has 0 bridgehead atoms. The summed E-state index contributed by atoms with van der Waals surface area (Å²) in [5.41, 5.74) is 0.780. The van der Waals surface area contributed by atoms with Crippen LogP contribution in [0.2, 0.25) is 0 Å². The van der Waals surface area contributed by atoms with E-state index in [9.17, 15) is 4.79 Å². The first-order chi connectivity index (χ1) is 8.26. The predicted octanol–water partition coefficient (Wildman–Crippen LogP) is 1.39. The number of amides is 1. The number of hydrogen-bond acceptors (Lipinski definition) is 4. The molecule has 17 heavy (non-hydrogen) atoms. The molecule has 0 aliphatic carbocycles. The van der Waals surface area contributed by atoms with Gasteiger partial charge in [-0.2, -0.15) is 0 Å². The summed E-state index contributed by atoms with van der Waals surface area (Å²) in [6.07, 6.45) is 5.86. The fourth-order valence-corrected chi connectivity index (χ4v) is 0.956. The molecule has 0 atom stereocenters. The van der Waals surface area contributed by atoms with E-state index in [0.717, 1.165) is 5.56 Å². The van der Waals surface area contributed by atoms with Gasteiger partial charge in [0.1, 0.15) is 12.4 Å². The Morgan fingerprint density at radius 3 is 2.82 bits per heavy atom. The van der Waals surface area contributed by atoms with Crippen molar-refractivity contribution in [2.75, 3.05) is 13.7 Å². The van der Waals surface area contributed by atoms with Gasteiger partial charge in [-0.3, -0.25) is 4.84 Å². The van der Waals surface area contributed by atoms with Crippen molar-refractivity contribution in [3.63, 3.8) is 0 Å². The van der Waals surface area contributed by atoms with Crippen molar-refractivity contribution in [2.24, 2.45) is 5.16 Å². The Balaban J connectivity index is 2.50. The molecule has 0 heterocycles. The second kappa shape index (κ2) is 6.90. The highest BCUT2D eigenvalue weighted by atomic mass is 16.7. The molecule has 0 saturated heterocycles. The Morgan fingerprint density at radius 2 is 2.24 bits per heavy atom. The van der Waals surface area contributed by atoms with E-state index in [-0.39, 0.29) is 6.61 Å². The minimum atomic E-state index is -0.616. The maximum atomic E-state index is 10.7. The van der Waals surface area contributed by atoms with Crippen LogP contribution in [0.4, 0.5) is 4.79 Å². The second-order valence-electron chi connectivity index (χ2n) is 2.93. The Labute approximate surface area is 99.4 Å². The number of carbonyl (C=O) groups is 1. The Kier molecular flexibility index (Phi) is 5.11. The molecule has 0 saturated carbocycles. The van der Waals surface area contributed by atoms with Gasteiger partial charge in [0.2, 0.25) is 0 Å². The fourth-order valence-electron chi connectivity index (χ4n) is 0.956. The molecule has 0 aliphatic heterocycles. The van der Waals surface area contributed by atoms with Gasteiger partial charge in [0, 0.05) is 7.05 Å². The maximum Gasteiger partial charge on any atom is 0.433 e. The first-order valence-electron chi connectivity index (χ1n) is 4.84. The number of benzene rings is 1. The first-order valence-corrected chi connectivity index (χ1v) is 4.84. The standard InChI is InChI=1S/C12H12N2O3/c1-3-8-16-11-6-4-10(5-7-11)9-14-17-12(15)13-2/h1,4-7,9H,8H2,2H3,(H,13,15)/b14-9+. The van der Waals surface area contributed by atoms with Crippen LogP contribution in [-0.4, -0.2) is 26.0 Å². The molecule has 1 amide bonds. The molecule has 5 nitrogen and oxygen atoms in total. The van der Waals surface area contributed by atoms with Crippen LogP contribution in [0.1, 0.15) is 5.56 Å². The summed E-state index contributed by atoms with van der Waals surface area (Å²) in [4.78, 5) is 15.1. The van der Waals surface area contributed by atoms with E-state index < -0.39 is 6.09 Å². The number of hydrogen-bond donors (Lipinski definition) is 1. The van der Waals surface area contributed by atoms with Crippen molar-refractivity contribution >= 4 is 12.3 Å². The van der Waals surface area contributed by atoms with Crippen LogP contribution in [-0.2, 0) is 4.84 Å². The molecule has 0 aromatic heterocycles. The van der Waals surface area contributed by atoms with Crippen molar-refractivity contribution in [2.45, 2.75) is 0 Å². The molecular weight excluding hydrogens is 220 g/mol.